The van der Waals surface area contributed by atoms with Gasteiger partial charge in [-0.25, -0.2) is 4.79 Å². The average Bonchev–Trinajstić information content (AvgIpc) is 3.29. The maximum atomic E-state index is 12.8. The van der Waals surface area contributed by atoms with Crippen molar-refractivity contribution in [1.29, 1.82) is 0 Å². The minimum absolute atomic E-state index is 0.0292. The van der Waals surface area contributed by atoms with Gasteiger partial charge in [-0.05, 0) is 31.2 Å². The highest BCUT2D eigenvalue weighted by molar-refractivity contribution is 5.91. The van der Waals surface area contributed by atoms with Crippen LogP contribution in [0.25, 0.3) is 0 Å². The highest BCUT2D eigenvalue weighted by atomic mass is 16.4. The Morgan fingerprint density at radius 2 is 1.76 bits per heavy atom. The predicted molar refractivity (Wildman–Crippen MR) is 78.1 cm³/mol. The van der Waals surface area contributed by atoms with Gasteiger partial charge >= 0.3 is 6.09 Å². The smallest absolute Gasteiger partial charge is 0.404 e. The van der Waals surface area contributed by atoms with Crippen LogP contribution in [-0.2, 0) is 10.2 Å². The summed E-state index contributed by atoms with van der Waals surface area (Å²) in [7, 11) is 0. The number of piperidine rings is 1. The lowest BCUT2D eigenvalue weighted by atomic mass is 9.93. The topological polar surface area (TPSA) is 69.6 Å². The van der Waals surface area contributed by atoms with Gasteiger partial charge in [-0.15, -0.1) is 0 Å². The first-order valence-electron chi connectivity index (χ1n) is 7.46. The van der Waals surface area contributed by atoms with Crippen LogP contribution >= 0.6 is 0 Å². The van der Waals surface area contributed by atoms with E-state index in [9.17, 15) is 9.59 Å². The van der Waals surface area contributed by atoms with Gasteiger partial charge in [0.05, 0.1) is 5.41 Å². The van der Waals surface area contributed by atoms with Crippen LogP contribution in [0.1, 0.15) is 31.2 Å². The first-order valence-corrected chi connectivity index (χ1v) is 7.46. The van der Waals surface area contributed by atoms with Crippen molar-refractivity contribution in [1.82, 2.24) is 10.2 Å². The van der Waals surface area contributed by atoms with Crippen LogP contribution in [0.5, 0.6) is 0 Å². The van der Waals surface area contributed by atoms with Crippen molar-refractivity contribution >= 4 is 12.0 Å². The molecule has 5 heteroatoms. The number of nitrogens with zero attached hydrogens (tertiary/aromatic N) is 1. The van der Waals surface area contributed by atoms with Crippen LogP contribution in [0.4, 0.5) is 4.79 Å². The van der Waals surface area contributed by atoms with E-state index in [4.69, 9.17) is 5.11 Å². The molecule has 2 N–H and O–H groups in total. The van der Waals surface area contributed by atoms with E-state index in [2.05, 4.69) is 5.32 Å². The van der Waals surface area contributed by atoms with Crippen LogP contribution in [0.15, 0.2) is 30.3 Å². The van der Waals surface area contributed by atoms with Gasteiger partial charge in [0.1, 0.15) is 0 Å². The maximum Gasteiger partial charge on any atom is 0.404 e. The molecular weight excluding hydrogens is 268 g/mol. The normalized spacial score (nSPS) is 20.9. The lowest BCUT2D eigenvalue weighted by Gasteiger charge is -2.34. The molecule has 1 saturated heterocycles. The highest BCUT2D eigenvalue weighted by Gasteiger charge is 2.53. The molecule has 1 aromatic rings. The zero-order valence-electron chi connectivity index (χ0n) is 11.9. The lowest BCUT2D eigenvalue weighted by molar-refractivity contribution is -0.135. The Labute approximate surface area is 123 Å². The fraction of sp³-hybridized carbons (Fsp3) is 0.500. The molecule has 2 amide bonds. The second kappa shape index (κ2) is 5.39. The molecule has 0 spiro atoms. The Kier molecular flexibility index (Phi) is 3.57. The number of amides is 2. The number of nitrogens with one attached hydrogen (secondary N) is 1. The molecule has 3 rings (SSSR count). The van der Waals surface area contributed by atoms with Crippen LogP contribution in [-0.4, -0.2) is 41.1 Å². The van der Waals surface area contributed by atoms with Crippen molar-refractivity contribution in [3.8, 4) is 0 Å². The Balaban J connectivity index is 1.64. The Morgan fingerprint density at radius 3 is 2.29 bits per heavy atom. The number of carbonyl (C=O) groups excluding carboxylic acids is 1. The van der Waals surface area contributed by atoms with Gasteiger partial charge in [0, 0.05) is 19.1 Å². The number of carboxylic acid groups (broad SMARTS) is 1. The van der Waals surface area contributed by atoms with Gasteiger partial charge in [0.2, 0.25) is 5.91 Å². The van der Waals surface area contributed by atoms with E-state index in [1.807, 2.05) is 35.2 Å². The SMILES string of the molecule is O=C(O)NC1CCN(C(=O)C2(c3ccccc3)CC2)CC1. The van der Waals surface area contributed by atoms with Crippen molar-refractivity contribution in [3.63, 3.8) is 0 Å². The number of benzene rings is 1. The minimum Gasteiger partial charge on any atom is -0.465 e. The van der Waals surface area contributed by atoms with E-state index >= 15 is 0 Å². The van der Waals surface area contributed by atoms with E-state index < -0.39 is 6.09 Å². The largest absolute Gasteiger partial charge is 0.465 e. The van der Waals surface area contributed by atoms with Gasteiger partial charge in [0.15, 0.2) is 0 Å². The number of hydrogen-bond acceptors (Lipinski definition) is 2. The second-order valence-electron chi connectivity index (χ2n) is 5.96. The van der Waals surface area contributed by atoms with E-state index in [1.165, 1.54) is 0 Å². The van der Waals surface area contributed by atoms with Crippen molar-refractivity contribution in [2.75, 3.05) is 13.1 Å². The molecule has 2 aliphatic rings. The van der Waals surface area contributed by atoms with Gasteiger partial charge in [0.25, 0.3) is 0 Å². The summed E-state index contributed by atoms with van der Waals surface area (Å²) in [5.74, 6) is 0.211. The van der Waals surface area contributed by atoms with Crippen molar-refractivity contribution < 1.29 is 14.7 Å². The van der Waals surface area contributed by atoms with Gasteiger partial charge in [-0.3, -0.25) is 4.79 Å². The third-order valence-corrected chi connectivity index (χ3v) is 4.60. The number of carbonyl (C=O) groups is 2. The highest BCUT2D eigenvalue weighted by Crippen LogP contribution is 2.49. The fourth-order valence-corrected chi connectivity index (χ4v) is 3.21. The van der Waals surface area contributed by atoms with Crippen molar-refractivity contribution in [2.45, 2.75) is 37.1 Å². The summed E-state index contributed by atoms with van der Waals surface area (Å²) in [6.07, 6.45) is 2.25. The first-order chi connectivity index (χ1) is 10.1. The molecule has 0 unspecified atom stereocenters. The van der Waals surface area contributed by atoms with E-state index in [-0.39, 0.29) is 17.4 Å². The third-order valence-electron chi connectivity index (χ3n) is 4.60. The minimum atomic E-state index is -0.984. The number of likely N-dealkylation sites (tertiary alicyclic amines) is 1. The predicted octanol–water partition coefficient (Wildman–Crippen LogP) is 1.98. The Hall–Kier alpha value is -2.04. The van der Waals surface area contributed by atoms with E-state index in [1.54, 1.807) is 0 Å². The van der Waals surface area contributed by atoms with Crippen LogP contribution in [0, 0.1) is 0 Å². The summed E-state index contributed by atoms with van der Waals surface area (Å²) >= 11 is 0. The molecule has 1 saturated carbocycles. The van der Waals surface area contributed by atoms with Crippen LogP contribution < -0.4 is 5.32 Å². The molecule has 21 heavy (non-hydrogen) atoms. The molecule has 1 aromatic carbocycles. The van der Waals surface area contributed by atoms with Gasteiger partial charge < -0.3 is 15.3 Å². The van der Waals surface area contributed by atoms with Crippen LogP contribution in [0.2, 0.25) is 0 Å². The van der Waals surface area contributed by atoms with Crippen LogP contribution in [0.3, 0.4) is 0 Å². The first kappa shape index (κ1) is 13.9. The molecule has 0 atom stereocenters. The summed E-state index contributed by atoms with van der Waals surface area (Å²) in [5.41, 5.74) is 0.801. The van der Waals surface area contributed by atoms with Crippen molar-refractivity contribution in [2.24, 2.45) is 0 Å². The van der Waals surface area contributed by atoms with Gasteiger partial charge in [-0.1, -0.05) is 30.3 Å². The lowest BCUT2D eigenvalue weighted by Crippen LogP contribution is -2.49. The fourth-order valence-electron chi connectivity index (χ4n) is 3.21. The molecule has 0 bridgehead atoms. The third kappa shape index (κ3) is 2.73. The maximum absolute atomic E-state index is 12.8. The molecule has 112 valence electrons. The van der Waals surface area contributed by atoms with Gasteiger partial charge in [-0.2, -0.15) is 0 Å². The monoisotopic (exact) mass is 288 g/mol. The molecule has 1 heterocycles. The summed E-state index contributed by atoms with van der Waals surface area (Å²) in [6, 6.07) is 9.95. The zero-order valence-corrected chi connectivity index (χ0v) is 11.9. The molecular formula is C16H20N2O3. The standard InChI is InChI=1S/C16H20N2O3/c19-14(16(8-9-16)12-4-2-1-3-5-12)18-10-6-13(7-11-18)17-15(20)21/h1-5,13,17H,6-11H2,(H,20,21). The van der Waals surface area contributed by atoms with E-state index in [0.717, 1.165) is 18.4 Å². The summed E-state index contributed by atoms with van der Waals surface area (Å²) < 4.78 is 0. The van der Waals surface area contributed by atoms with Crippen molar-refractivity contribution in [3.05, 3.63) is 35.9 Å². The molecule has 1 aliphatic heterocycles. The van der Waals surface area contributed by atoms with E-state index in [0.29, 0.717) is 25.9 Å². The molecule has 5 nitrogen and oxygen atoms in total. The number of rotatable bonds is 3. The molecule has 1 aliphatic carbocycles. The molecule has 0 radical (unpaired) electrons. The number of hydrogen-bond donors (Lipinski definition) is 2. The molecule has 2 fully saturated rings. The second-order valence-corrected chi connectivity index (χ2v) is 5.96. The summed E-state index contributed by atoms with van der Waals surface area (Å²) in [6.45, 7) is 1.27. The molecule has 0 aromatic heterocycles. The summed E-state index contributed by atoms with van der Waals surface area (Å²) in [5, 5.41) is 11.2. The average molecular weight is 288 g/mol. The zero-order chi connectivity index (χ0) is 14.9. The quantitative estimate of drug-likeness (QED) is 0.893. The Morgan fingerprint density at radius 1 is 1.14 bits per heavy atom. The summed E-state index contributed by atoms with van der Waals surface area (Å²) in [4.78, 5) is 25.3. The Bertz CT molecular complexity index is 532.